The fraction of sp³-hybridized carbons (Fsp3) is 0.360. The maximum atomic E-state index is 12.8. The van der Waals surface area contributed by atoms with E-state index in [2.05, 4.69) is 32.6 Å². The van der Waals surface area contributed by atoms with Crippen molar-refractivity contribution in [2.45, 2.75) is 51.1 Å². The number of carboxylic acids is 1. The van der Waals surface area contributed by atoms with E-state index in [0.29, 0.717) is 23.1 Å². The number of alkyl halides is 3. The first-order valence-corrected chi connectivity index (χ1v) is 11.2. The Labute approximate surface area is 195 Å². The molecule has 178 valence electrons. The van der Waals surface area contributed by atoms with Crippen LogP contribution in [-0.4, -0.2) is 26.3 Å². The molecule has 1 fully saturated rings. The van der Waals surface area contributed by atoms with Crippen molar-refractivity contribution in [3.05, 3.63) is 65.5 Å². The molecule has 0 bridgehead atoms. The zero-order chi connectivity index (χ0) is 24.3. The molecule has 2 aromatic heterocycles. The van der Waals surface area contributed by atoms with E-state index < -0.39 is 17.8 Å². The first kappa shape index (κ1) is 23.7. The van der Waals surface area contributed by atoms with Gasteiger partial charge in [0.2, 0.25) is 0 Å². The average molecular weight is 470 g/mol. The van der Waals surface area contributed by atoms with E-state index in [-0.39, 0.29) is 18.0 Å². The average Bonchev–Trinajstić information content (AvgIpc) is 2.80. The quantitative estimate of drug-likeness (QED) is 0.436. The van der Waals surface area contributed by atoms with E-state index in [1.165, 1.54) is 18.6 Å². The molecule has 0 radical (unpaired) electrons. The van der Waals surface area contributed by atoms with Gasteiger partial charge >= 0.3 is 12.1 Å². The fourth-order valence-electron chi connectivity index (χ4n) is 4.41. The first-order valence-electron chi connectivity index (χ1n) is 11.2. The van der Waals surface area contributed by atoms with Gasteiger partial charge in [-0.05, 0) is 74.3 Å². The third-order valence-electron chi connectivity index (χ3n) is 6.29. The van der Waals surface area contributed by atoms with E-state index in [0.717, 1.165) is 37.3 Å². The summed E-state index contributed by atoms with van der Waals surface area (Å²) in [5, 5.41) is 20.3. The van der Waals surface area contributed by atoms with Crippen molar-refractivity contribution >= 4 is 17.5 Å². The Balaban J connectivity index is 1.38. The highest BCUT2D eigenvalue weighted by atomic mass is 19.4. The van der Waals surface area contributed by atoms with Crippen molar-refractivity contribution in [1.82, 2.24) is 15.2 Å². The SMILES string of the molecule is Cc1nc(C(F)(F)F)ccc1Nc1ccc(-c2ccc(C3CCC(CC(=O)O)CC3)cc2)nn1. The van der Waals surface area contributed by atoms with Crippen molar-refractivity contribution in [2.75, 3.05) is 5.32 Å². The second-order valence-electron chi connectivity index (χ2n) is 8.69. The number of hydrogen-bond acceptors (Lipinski definition) is 5. The number of nitrogens with one attached hydrogen (secondary N) is 1. The predicted molar refractivity (Wildman–Crippen MR) is 122 cm³/mol. The molecule has 2 N–H and O–H groups in total. The van der Waals surface area contributed by atoms with Gasteiger partial charge in [0.1, 0.15) is 5.69 Å². The van der Waals surface area contributed by atoms with Crippen molar-refractivity contribution in [2.24, 2.45) is 5.92 Å². The standard InChI is InChI=1S/C25H25F3N4O2/c1-15-20(10-12-22(29-15)25(26,27)28)30-23-13-11-21(31-32-23)19-8-6-18(7-9-19)17-4-2-16(3-5-17)14-24(33)34/h6-13,16-17H,2-5,14H2,1H3,(H,30,32)(H,33,34). The summed E-state index contributed by atoms with van der Waals surface area (Å²) in [6.07, 6.45) is -0.366. The number of hydrogen-bond donors (Lipinski definition) is 2. The number of benzene rings is 1. The Morgan fingerprint density at radius 3 is 2.26 bits per heavy atom. The lowest BCUT2D eigenvalue weighted by atomic mass is 9.77. The monoisotopic (exact) mass is 470 g/mol. The van der Waals surface area contributed by atoms with E-state index >= 15 is 0 Å². The van der Waals surface area contributed by atoms with E-state index in [1.807, 2.05) is 12.1 Å². The molecule has 0 unspecified atom stereocenters. The van der Waals surface area contributed by atoms with E-state index in [1.54, 1.807) is 12.1 Å². The smallest absolute Gasteiger partial charge is 0.433 e. The number of pyridine rings is 1. The van der Waals surface area contributed by atoms with E-state index in [9.17, 15) is 18.0 Å². The van der Waals surface area contributed by atoms with Crippen molar-refractivity contribution in [1.29, 1.82) is 0 Å². The van der Waals surface area contributed by atoms with Gasteiger partial charge in [-0.1, -0.05) is 24.3 Å². The van der Waals surface area contributed by atoms with Crippen LogP contribution in [0.25, 0.3) is 11.3 Å². The van der Waals surface area contributed by atoms with Crippen LogP contribution >= 0.6 is 0 Å². The highest BCUT2D eigenvalue weighted by molar-refractivity contribution is 5.67. The van der Waals surface area contributed by atoms with Gasteiger partial charge in [0.25, 0.3) is 0 Å². The summed E-state index contributed by atoms with van der Waals surface area (Å²) in [5.74, 6) is 0.402. The molecule has 0 saturated heterocycles. The van der Waals surface area contributed by atoms with Gasteiger partial charge in [0, 0.05) is 12.0 Å². The van der Waals surface area contributed by atoms with Gasteiger partial charge in [-0.25, -0.2) is 4.98 Å². The van der Waals surface area contributed by atoms with Crippen LogP contribution in [0.3, 0.4) is 0 Å². The Hall–Kier alpha value is -3.49. The third-order valence-corrected chi connectivity index (χ3v) is 6.29. The summed E-state index contributed by atoms with van der Waals surface area (Å²) >= 11 is 0. The summed E-state index contributed by atoms with van der Waals surface area (Å²) in [5.41, 5.74) is 2.55. The minimum Gasteiger partial charge on any atom is -0.481 e. The van der Waals surface area contributed by atoms with Crippen LogP contribution in [0, 0.1) is 12.8 Å². The summed E-state index contributed by atoms with van der Waals surface area (Å²) in [7, 11) is 0. The number of rotatable bonds is 6. The topological polar surface area (TPSA) is 88.0 Å². The molecule has 3 aromatic rings. The molecule has 0 amide bonds. The molecule has 1 aromatic carbocycles. The maximum absolute atomic E-state index is 12.8. The molecule has 6 nitrogen and oxygen atoms in total. The van der Waals surface area contributed by atoms with Gasteiger partial charge in [-0.15, -0.1) is 10.2 Å². The van der Waals surface area contributed by atoms with Gasteiger partial charge < -0.3 is 10.4 Å². The lowest BCUT2D eigenvalue weighted by Crippen LogP contribution is -2.16. The van der Waals surface area contributed by atoms with Gasteiger partial charge in [-0.3, -0.25) is 4.79 Å². The minimum absolute atomic E-state index is 0.216. The Morgan fingerprint density at radius 2 is 1.71 bits per heavy atom. The van der Waals surface area contributed by atoms with Crippen LogP contribution in [0.5, 0.6) is 0 Å². The minimum atomic E-state index is -4.49. The van der Waals surface area contributed by atoms with E-state index in [4.69, 9.17) is 5.11 Å². The number of nitrogens with zero attached hydrogens (tertiary/aromatic N) is 3. The summed E-state index contributed by atoms with van der Waals surface area (Å²) in [6.45, 7) is 1.50. The number of carbonyl (C=O) groups is 1. The molecular weight excluding hydrogens is 445 g/mol. The van der Waals surface area contributed by atoms with Crippen molar-refractivity contribution in [3.8, 4) is 11.3 Å². The zero-order valence-corrected chi connectivity index (χ0v) is 18.6. The summed E-state index contributed by atoms with van der Waals surface area (Å²) < 4.78 is 38.4. The maximum Gasteiger partial charge on any atom is 0.433 e. The molecule has 9 heteroatoms. The summed E-state index contributed by atoms with van der Waals surface area (Å²) in [6, 6.07) is 13.9. The number of aliphatic carboxylic acids is 1. The van der Waals surface area contributed by atoms with Gasteiger partial charge in [0.15, 0.2) is 5.82 Å². The second kappa shape index (κ2) is 9.79. The Kier molecular flexibility index (Phi) is 6.81. The number of aryl methyl sites for hydroxylation is 1. The molecule has 4 rings (SSSR count). The molecule has 0 atom stereocenters. The lowest BCUT2D eigenvalue weighted by molar-refractivity contribution is -0.141. The second-order valence-corrected chi connectivity index (χ2v) is 8.69. The molecule has 1 aliphatic carbocycles. The largest absolute Gasteiger partial charge is 0.481 e. The molecule has 1 saturated carbocycles. The van der Waals surface area contributed by atoms with Crippen LogP contribution in [-0.2, 0) is 11.0 Å². The van der Waals surface area contributed by atoms with Gasteiger partial charge in [0.05, 0.1) is 17.1 Å². The number of halogens is 3. The molecule has 2 heterocycles. The van der Waals surface area contributed by atoms with Crippen LogP contribution in [0.4, 0.5) is 24.7 Å². The third kappa shape index (κ3) is 5.70. The molecule has 34 heavy (non-hydrogen) atoms. The van der Waals surface area contributed by atoms with Crippen LogP contribution in [0.2, 0.25) is 0 Å². The Bertz CT molecular complexity index is 1140. The Morgan fingerprint density at radius 1 is 1.00 bits per heavy atom. The lowest BCUT2D eigenvalue weighted by Gasteiger charge is -2.28. The number of aromatic nitrogens is 3. The highest BCUT2D eigenvalue weighted by Gasteiger charge is 2.32. The molecule has 1 aliphatic rings. The first-order chi connectivity index (χ1) is 16.2. The van der Waals surface area contributed by atoms with Crippen molar-refractivity contribution < 1.29 is 23.1 Å². The fourth-order valence-corrected chi connectivity index (χ4v) is 4.41. The van der Waals surface area contributed by atoms with Gasteiger partial charge in [-0.2, -0.15) is 13.2 Å². The zero-order valence-electron chi connectivity index (χ0n) is 18.6. The number of anilines is 2. The van der Waals surface area contributed by atoms with Crippen molar-refractivity contribution in [3.63, 3.8) is 0 Å². The number of carboxylic acid groups (broad SMARTS) is 1. The summed E-state index contributed by atoms with van der Waals surface area (Å²) in [4.78, 5) is 14.5. The molecule has 0 spiro atoms. The van der Waals surface area contributed by atoms with Crippen LogP contribution < -0.4 is 5.32 Å². The molecule has 0 aliphatic heterocycles. The normalized spacial score (nSPS) is 18.5. The molecular formula is C25H25F3N4O2. The van der Waals surface area contributed by atoms with Crippen LogP contribution in [0.1, 0.15) is 55.0 Å². The van der Waals surface area contributed by atoms with Crippen LogP contribution in [0.15, 0.2) is 48.5 Å². The highest BCUT2D eigenvalue weighted by Crippen LogP contribution is 2.37. The predicted octanol–water partition coefficient (Wildman–Crippen LogP) is 6.36.